The van der Waals surface area contributed by atoms with Crippen LogP contribution in [-0.4, -0.2) is 15.0 Å². The van der Waals surface area contributed by atoms with Crippen molar-refractivity contribution in [2.75, 3.05) is 0 Å². The van der Waals surface area contributed by atoms with Crippen LogP contribution in [0.4, 0.5) is 0 Å². The summed E-state index contributed by atoms with van der Waals surface area (Å²) < 4.78 is 0. The summed E-state index contributed by atoms with van der Waals surface area (Å²) in [5.41, 5.74) is 10.4. The highest BCUT2D eigenvalue weighted by molar-refractivity contribution is 7.99. The molecule has 7 aromatic rings. The van der Waals surface area contributed by atoms with E-state index in [-0.39, 0.29) is 5.41 Å². The van der Waals surface area contributed by atoms with Crippen molar-refractivity contribution in [1.82, 2.24) is 15.0 Å². The van der Waals surface area contributed by atoms with Crippen molar-refractivity contribution in [2.45, 2.75) is 29.1 Å². The number of nitrogens with zero attached hydrogens (tertiary/aromatic N) is 3. The molecule has 0 aliphatic carbocycles. The molecule has 0 amide bonds. The smallest absolute Gasteiger partial charge is 0.164 e. The fourth-order valence-corrected chi connectivity index (χ4v) is 7.68. The lowest BCUT2D eigenvalue weighted by Gasteiger charge is -2.34. The second-order valence-electron chi connectivity index (χ2n) is 12.1. The number of aromatic nitrogens is 3. The first-order valence-electron chi connectivity index (χ1n) is 15.5. The minimum Gasteiger partial charge on any atom is -0.208 e. The third-order valence-corrected chi connectivity index (χ3v) is 9.96. The monoisotopic (exact) mass is 609 g/mol. The van der Waals surface area contributed by atoms with Gasteiger partial charge in [-0.05, 0) is 45.5 Å². The van der Waals surface area contributed by atoms with Crippen LogP contribution in [0.25, 0.3) is 56.4 Å². The third kappa shape index (κ3) is 5.21. The van der Waals surface area contributed by atoms with Gasteiger partial charge in [0, 0.05) is 31.9 Å². The fraction of sp³-hybridized carbons (Fsp3) is 0.0714. The Hall–Kier alpha value is -5.32. The number of hydrogen-bond donors (Lipinski definition) is 0. The minimum absolute atomic E-state index is 0.0146. The molecule has 0 bridgehead atoms. The van der Waals surface area contributed by atoms with E-state index in [1.54, 1.807) is 0 Å². The van der Waals surface area contributed by atoms with Crippen LogP contribution in [0.2, 0.25) is 0 Å². The predicted molar refractivity (Wildman–Crippen MR) is 190 cm³/mol. The zero-order valence-corrected chi connectivity index (χ0v) is 26.5. The lowest BCUT2D eigenvalue weighted by atomic mass is 9.77. The Morgan fingerprint density at radius 2 is 0.761 bits per heavy atom. The van der Waals surface area contributed by atoms with Crippen LogP contribution in [0.15, 0.2) is 161 Å². The molecule has 0 spiro atoms. The topological polar surface area (TPSA) is 38.7 Å². The molecule has 3 nitrogen and oxygen atoms in total. The van der Waals surface area contributed by atoms with Crippen LogP contribution in [-0.2, 0) is 5.41 Å². The summed E-state index contributed by atoms with van der Waals surface area (Å²) >= 11 is 1.88. The molecule has 0 saturated carbocycles. The molecule has 1 aliphatic rings. The molecular formula is C42H31N3S. The highest BCUT2D eigenvalue weighted by Gasteiger charge is 2.32. The van der Waals surface area contributed by atoms with Crippen LogP contribution >= 0.6 is 11.8 Å². The van der Waals surface area contributed by atoms with Gasteiger partial charge >= 0.3 is 0 Å². The molecule has 0 radical (unpaired) electrons. The lowest BCUT2D eigenvalue weighted by molar-refractivity contribution is 0.607. The molecule has 4 heteroatoms. The Labute approximate surface area is 274 Å². The number of fused-ring (bicyclic) bond motifs is 2. The molecule has 1 aromatic heterocycles. The van der Waals surface area contributed by atoms with E-state index in [0.717, 1.165) is 22.3 Å². The number of hydrogen-bond acceptors (Lipinski definition) is 4. The van der Waals surface area contributed by atoms with Crippen LogP contribution in [0.3, 0.4) is 0 Å². The normalized spacial score (nSPS) is 13.1. The number of benzene rings is 6. The van der Waals surface area contributed by atoms with Crippen molar-refractivity contribution >= 4 is 11.8 Å². The molecule has 0 atom stereocenters. The molecule has 0 N–H and O–H groups in total. The second-order valence-corrected chi connectivity index (χ2v) is 13.2. The fourth-order valence-electron chi connectivity index (χ4n) is 6.24. The maximum atomic E-state index is 4.88. The van der Waals surface area contributed by atoms with E-state index in [1.165, 1.54) is 37.6 Å². The van der Waals surface area contributed by atoms with Gasteiger partial charge in [-0.2, -0.15) is 0 Å². The first kappa shape index (κ1) is 28.2. The molecule has 1 aliphatic heterocycles. The van der Waals surface area contributed by atoms with Gasteiger partial charge in [0.05, 0.1) is 0 Å². The molecule has 0 saturated heterocycles. The summed E-state index contributed by atoms with van der Waals surface area (Å²) in [5.74, 6) is 1.99. The summed E-state index contributed by atoms with van der Waals surface area (Å²) in [6, 6.07) is 53.2. The summed E-state index contributed by atoms with van der Waals surface area (Å²) in [7, 11) is 0. The Morgan fingerprint density at radius 3 is 1.30 bits per heavy atom. The molecule has 46 heavy (non-hydrogen) atoms. The largest absolute Gasteiger partial charge is 0.208 e. The average Bonchev–Trinajstić information content (AvgIpc) is 3.12. The van der Waals surface area contributed by atoms with Gasteiger partial charge in [0.15, 0.2) is 17.5 Å². The van der Waals surface area contributed by atoms with Crippen LogP contribution in [0, 0.1) is 0 Å². The van der Waals surface area contributed by atoms with Crippen LogP contribution < -0.4 is 0 Å². The third-order valence-electron chi connectivity index (χ3n) is 8.83. The maximum absolute atomic E-state index is 4.88. The quantitative estimate of drug-likeness (QED) is 0.195. The highest BCUT2D eigenvalue weighted by atomic mass is 32.2. The summed E-state index contributed by atoms with van der Waals surface area (Å²) in [4.78, 5) is 17.3. The van der Waals surface area contributed by atoms with Crippen molar-refractivity contribution in [3.05, 3.63) is 163 Å². The molecule has 220 valence electrons. The van der Waals surface area contributed by atoms with E-state index < -0.39 is 0 Å². The van der Waals surface area contributed by atoms with Gasteiger partial charge in [-0.1, -0.05) is 165 Å². The van der Waals surface area contributed by atoms with Crippen molar-refractivity contribution in [2.24, 2.45) is 0 Å². The van der Waals surface area contributed by atoms with Gasteiger partial charge in [-0.3, -0.25) is 0 Å². The molecule has 8 rings (SSSR count). The van der Waals surface area contributed by atoms with Gasteiger partial charge < -0.3 is 0 Å². The molecule has 2 heterocycles. The average molecular weight is 610 g/mol. The zero-order chi connectivity index (χ0) is 31.1. The molecule has 0 unspecified atom stereocenters. The molecule has 6 aromatic carbocycles. The van der Waals surface area contributed by atoms with Gasteiger partial charge in [-0.25, -0.2) is 15.0 Å². The van der Waals surface area contributed by atoms with Gasteiger partial charge in [0.25, 0.3) is 0 Å². The van der Waals surface area contributed by atoms with Crippen molar-refractivity contribution in [1.29, 1.82) is 0 Å². The van der Waals surface area contributed by atoms with Gasteiger partial charge in [0.1, 0.15) is 0 Å². The standard InChI is InChI=1S/C42H31N3S/c1-42(2)35-15-9-10-16-37(35)46-38-27-34(25-26-36(38)42)30-19-17-28(18-20-30)29-21-23-33(24-22-29)41-44-39(31-11-5-3-6-12-31)43-40(45-41)32-13-7-4-8-14-32/h3-27H,1-2H3. The first-order chi connectivity index (χ1) is 22.5. The van der Waals surface area contributed by atoms with E-state index in [9.17, 15) is 0 Å². The zero-order valence-electron chi connectivity index (χ0n) is 25.7. The van der Waals surface area contributed by atoms with Crippen molar-refractivity contribution in [3.63, 3.8) is 0 Å². The van der Waals surface area contributed by atoms with E-state index in [0.29, 0.717) is 17.5 Å². The number of rotatable bonds is 5. The molecular weight excluding hydrogens is 579 g/mol. The Balaban J connectivity index is 1.08. The van der Waals surface area contributed by atoms with E-state index in [4.69, 9.17) is 15.0 Å². The van der Waals surface area contributed by atoms with Crippen LogP contribution in [0.1, 0.15) is 25.0 Å². The van der Waals surface area contributed by atoms with E-state index in [2.05, 4.69) is 105 Å². The first-order valence-corrected chi connectivity index (χ1v) is 16.3. The van der Waals surface area contributed by atoms with Gasteiger partial charge in [0.2, 0.25) is 0 Å². The SMILES string of the molecule is CC1(C)c2ccccc2Sc2cc(-c3ccc(-c4ccc(-c5nc(-c6ccccc6)nc(-c6ccccc6)n5)cc4)cc3)ccc21. The lowest BCUT2D eigenvalue weighted by Crippen LogP contribution is -2.23. The minimum atomic E-state index is -0.0146. The highest BCUT2D eigenvalue weighted by Crippen LogP contribution is 2.49. The maximum Gasteiger partial charge on any atom is 0.164 e. The summed E-state index contributed by atoms with van der Waals surface area (Å²) in [6.07, 6.45) is 0. The van der Waals surface area contributed by atoms with Crippen molar-refractivity contribution in [3.8, 4) is 56.4 Å². The van der Waals surface area contributed by atoms with Crippen molar-refractivity contribution < 1.29 is 0 Å². The Kier molecular flexibility index (Phi) is 7.08. The Morgan fingerprint density at radius 1 is 0.370 bits per heavy atom. The van der Waals surface area contributed by atoms with E-state index >= 15 is 0 Å². The summed E-state index contributed by atoms with van der Waals surface area (Å²) in [6.45, 7) is 4.66. The molecule has 0 fully saturated rings. The van der Waals surface area contributed by atoms with Crippen LogP contribution in [0.5, 0.6) is 0 Å². The second kappa shape index (κ2) is 11.6. The predicted octanol–water partition coefficient (Wildman–Crippen LogP) is 11.0. The Bertz CT molecular complexity index is 2120. The van der Waals surface area contributed by atoms with Gasteiger partial charge in [-0.15, -0.1) is 0 Å². The summed E-state index contributed by atoms with van der Waals surface area (Å²) in [5, 5.41) is 0. The van der Waals surface area contributed by atoms with E-state index in [1.807, 2.05) is 72.4 Å².